The maximum absolute atomic E-state index is 15.6. The van der Waals surface area contributed by atoms with Crippen molar-refractivity contribution in [3.8, 4) is 0 Å². The van der Waals surface area contributed by atoms with E-state index in [1.165, 1.54) is 0 Å². The van der Waals surface area contributed by atoms with Crippen molar-refractivity contribution in [3.05, 3.63) is 87.3 Å². The molecule has 0 aliphatic heterocycles. The average molecular weight is 667 g/mol. The summed E-state index contributed by atoms with van der Waals surface area (Å²) in [6, 6.07) is 0. The van der Waals surface area contributed by atoms with Crippen molar-refractivity contribution in [2.75, 3.05) is 0 Å². The quantitative estimate of drug-likeness (QED) is 0.132. The molecular weight excluding hydrogens is 660 g/mol. The predicted molar refractivity (Wildman–Crippen MR) is 111 cm³/mol. The van der Waals surface area contributed by atoms with Crippen LogP contribution in [0.3, 0.4) is 0 Å². The Morgan fingerprint density at radius 3 is 0.795 bits per heavy atom. The van der Waals surface area contributed by atoms with E-state index in [1.807, 2.05) is 0 Å². The summed E-state index contributed by atoms with van der Waals surface area (Å²) in [5.41, 5.74) is -9.67. The van der Waals surface area contributed by atoms with Gasteiger partial charge in [0.2, 0.25) is 0 Å². The number of hydrogen-bond acceptors (Lipinski definition) is 0. The van der Waals surface area contributed by atoms with E-state index in [-0.39, 0.29) is 0 Å². The average Bonchev–Trinajstić information content (AvgIpc) is 2.99. The first-order valence-electron chi connectivity index (χ1n) is 11.6. The second-order valence-corrected chi connectivity index (χ2v) is 9.63. The van der Waals surface area contributed by atoms with Crippen LogP contribution >= 0.6 is 0 Å². The van der Waals surface area contributed by atoms with E-state index >= 15 is 30.7 Å². The Kier molecular flexibility index (Phi) is 8.38. The molecule has 1 fully saturated rings. The highest BCUT2D eigenvalue weighted by molar-refractivity contribution is 7.12. The highest BCUT2D eigenvalue weighted by atomic mass is 19.2. The number of hydrogen-bond donors (Lipinski definition) is 0. The largest absolute Gasteiger partial charge is 0.247 e. The SMILES string of the molecule is Fc1c(F)c(F)c([B-](c2c(F)c(F)c(F)c(F)c2F)(c2c(F)c(F)c(F)c(F)c2F)C2CC(F)C(F)C(F)C2F)c(F)c1F. The predicted octanol–water partition coefficient (Wildman–Crippen LogP) is 6.37. The first-order chi connectivity index (χ1) is 20.3. The van der Waals surface area contributed by atoms with E-state index in [2.05, 4.69) is 0 Å². The van der Waals surface area contributed by atoms with Crippen molar-refractivity contribution >= 4 is 22.5 Å². The fraction of sp³-hybridized carbons (Fsp3) is 0.250. The Bertz CT molecular complexity index is 1430. The fourth-order valence-corrected chi connectivity index (χ4v) is 5.75. The Balaban J connectivity index is 2.52. The Labute approximate surface area is 231 Å². The van der Waals surface area contributed by atoms with Crippen LogP contribution < -0.4 is 16.4 Å². The van der Waals surface area contributed by atoms with Crippen LogP contribution in [0, 0.1) is 87.3 Å². The van der Waals surface area contributed by atoms with Crippen LogP contribution in [-0.4, -0.2) is 30.8 Å². The van der Waals surface area contributed by atoms with E-state index < -0.39 is 147 Å². The number of rotatable bonds is 4. The van der Waals surface area contributed by atoms with Gasteiger partial charge in [-0.05, 0) is 6.42 Å². The zero-order valence-corrected chi connectivity index (χ0v) is 20.4. The summed E-state index contributed by atoms with van der Waals surface area (Å²) >= 11 is 0. The summed E-state index contributed by atoms with van der Waals surface area (Å²) in [5.74, 6) is -54.6. The van der Waals surface area contributed by atoms with Gasteiger partial charge in [-0.3, -0.25) is 0 Å². The third kappa shape index (κ3) is 4.25. The normalized spacial score (nSPS) is 22.6. The first kappa shape index (κ1) is 33.3. The molecule has 0 saturated heterocycles. The summed E-state index contributed by atoms with van der Waals surface area (Å²) in [4.78, 5) is 0. The topological polar surface area (TPSA) is 0 Å². The maximum Gasteiger partial charge on any atom is 0.200 e. The van der Waals surface area contributed by atoms with Gasteiger partial charge in [0.1, 0.15) is 53.4 Å². The summed E-state index contributed by atoms with van der Waals surface area (Å²) in [7, 11) is 0. The fourth-order valence-electron chi connectivity index (χ4n) is 5.75. The van der Waals surface area contributed by atoms with Crippen LogP contribution in [0.4, 0.5) is 83.4 Å². The molecule has 3 aromatic carbocycles. The summed E-state index contributed by atoms with van der Waals surface area (Å²) in [6.07, 6.45) is -24.5. The van der Waals surface area contributed by atoms with Crippen molar-refractivity contribution in [1.82, 2.24) is 0 Å². The molecule has 5 unspecified atom stereocenters. The molecule has 0 bridgehead atoms. The second kappa shape index (κ2) is 11.1. The minimum atomic E-state index is -6.59. The summed E-state index contributed by atoms with van der Waals surface area (Å²) in [5, 5.41) is 0. The molecule has 1 saturated carbocycles. The van der Waals surface area contributed by atoms with Crippen LogP contribution in [0.1, 0.15) is 6.42 Å². The van der Waals surface area contributed by atoms with Crippen molar-refractivity contribution in [2.45, 2.75) is 36.9 Å². The van der Waals surface area contributed by atoms with Crippen LogP contribution in [-0.2, 0) is 0 Å². The smallest absolute Gasteiger partial charge is 0.200 e. The number of alkyl halides is 4. The zero-order chi connectivity index (χ0) is 33.5. The number of benzene rings is 3. The van der Waals surface area contributed by atoms with Crippen LogP contribution in [0.15, 0.2) is 0 Å². The minimum Gasteiger partial charge on any atom is -0.247 e. The molecule has 4 rings (SSSR count). The highest BCUT2D eigenvalue weighted by Crippen LogP contribution is 2.45. The van der Waals surface area contributed by atoms with Crippen molar-refractivity contribution < 1.29 is 83.4 Å². The van der Waals surface area contributed by atoms with Crippen molar-refractivity contribution in [3.63, 3.8) is 0 Å². The summed E-state index contributed by atoms with van der Waals surface area (Å²) in [6.45, 7) is 0. The standard InChI is InChI=1S/C24H7BF19/c26-3-1-2(7(27)15(35)8(3)28)25(4-9(29)16(36)22(42)17(37)10(4)30,5-11(31)18(38)23(43)19(39)12(5)32)6-13(33)20(40)24(44)21(41)14(6)34/h2-3,7-8,15H,1H2/q-1. The molecule has 0 nitrogen and oxygen atoms in total. The van der Waals surface area contributed by atoms with E-state index in [4.69, 9.17) is 0 Å². The molecule has 0 heterocycles. The lowest BCUT2D eigenvalue weighted by atomic mass is 9.09. The Morgan fingerprint density at radius 1 is 0.318 bits per heavy atom. The molecule has 0 amide bonds. The van der Waals surface area contributed by atoms with Gasteiger partial charge in [-0.25, -0.2) is 83.4 Å². The van der Waals surface area contributed by atoms with Gasteiger partial charge in [0.05, 0.1) is 0 Å². The molecule has 0 N–H and O–H groups in total. The van der Waals surface area contributed by atoms with E-state index in [0.717, 1.165) is 0 Å². The second-order valence-electron chi connectivity index (χ2n) is 9.63. The van der Waals surface area contributed by atoms with Crippen LogP contribution in [0.25, 0.3) is 0 Å². The molecule has 3 aromatic rings. The van der Waals surface area contributed by atoms with Gasteiger partial charge in [-0.15, -0.1) is 22.2 Å². The van der Waals surface area contributed by atoms with Crippen molar-refractivity contribution in [2.24, 2.45) is 0 Å². The number of halogens is 19. The van der Waals surface area contributed by atoms with Gasteiger partial charge in [-0.1, -0.05) is 0 Å². The molecule has 240 valence electrons. The zero-order valence-electron chi connectivity index (χ0n) is 20.4. The van der Waals surface area contributed by atoms with E-state index in [1.54, 1.807) is 0 Å². The Hall–Kier alpha value is -3.61. The molecule has 1 aliphatic rings. The third-order valence-electron chi connectivity index (χ3n) is 7.60. The van der Waals surface area contributed by atoms with Crippen molar-refractivity contribution in [1.29, 1.82) is 0 Å². The maximum atomic E-state index is 15.6. The molecular formula is C24H7BF19-. The monoisotopic (exact) mass is 667 g/mol. The molecule has 0 radical (unpaired) electrons. The highest BCUT2D eigenvalue weighted by Gasteiger charge is 2.58. The van der Waals surface area contributed by atoms with E-state index in [9.17, 15) is 52.7 Å². The van der Waals surface area contributed by atoms with Gasteiger partial charge < -0.3 is 0 Å². The molecule has 0 aromatic heterocycles. The van der Waals surface area contributed by atoms with Gasteiger partial charge in [0.15, 0.2) is 64.7 Å². The van der Waals surface area contributed by atoms with E-state index in [0.29, 0.717) is 0 Å². The molecule has 0 spiro atoms. The van der Waals surface area contributed by atoms with Gasteiger partial charge in [0.25, 0.3) is 0 Å². The molecule has 1 aliphatic carbocycles. The van der Waals surface area contributed by atoms with Gasteiger partial charge in [0, 0.05) is 0 Å². The Morgan fingerprint density at radius 2 is 0.545 bits per heavy atom. The third-order valence-corrected chi connectivity index (χ3v) is 7.60. The van der Waals surface area contributed by atoms with Gasteiger partial charge in [-0.2, -0.15) is 0 Å². The lowest BCUT2D eigenvalue weighted by molar-refractivity contribution is -0.00870. The summed E-state index contributed by atoms with van der Waals surface area (Å²) < 4.78 is 280. The molecule has 44 heavy (non-hydrogen) atoms. The van der Waals surface area contributed by atoms with Crippen LogP contribution in [0.5, 0.6) is 0 Å². The molecule has 5 atom stereocenters. The molecule has 20 heteroatoms. The first-order valence-corrected chi connectivity index (χ1v) is 11.6. The minimum absolute atomic E-state index is 2.40. The van der Waals surface area contributed by atoms with Gasteiger partial charge >= 0.3 is 0 Å². The van der Waals surface area contributed by atoms with Crippen LogP contribution in [0.2, 0.25) is 5.82 Å². The lowest BCUT2D eigenvalue weighted by Crippen LogP contribution is -2.78. The lowest BCUT2D eigenvalue weighted by Gasteiger charge is -2.53.